The zero-order valence-electron chi connectivity index (χ0n) is 10.8. The maximum Gasteiger partial charge on any atom is 0.211 e. The Morgan fingerprint density at radius 3 is 2.85 bits per heavy atom. The topological polar surface area (TPSA) is 54.0 Å². The predicted molar refractivity (Wildman–Crippen MR) is 98.2 cm³/mol. The molecule has 104 valence electrons. The Labute approximate surface area is 140 Å². The number of halogens is 1. The molecule has 0 saturated heterocycles. The van der Waals surface area contributed by atoms with E-state index in [9.17, 15) is 0 Å². The lowest BCUT2D eigenvalue weighted by molar-refractivity contribution is 1.08. The molecule has 20 heavy (non-hydrogen) atoms. The summed E-state index contributed by atoms with van der Waals surface area (Å²) in [6, 6.07) is 8.09. The fourth-order valence-electron chi connectivity index (χ4n) is 1.87. The van der Waals surface area contributed by atoms with Crippen molar-refractivity contribution in [1.29, 1.82) is 0 Å². The third-order valence-corrected chi connectivity index (χ3v) is 2.72. The van der Waals surface area contributed by atoms with Crippen LogP contribution in [-0.4, -0.2) is 11.7 Å². The Morgan fingerprint density at radius 1 is 1.40 bits per heavy atom. The molecule has 0 atom stereocenters. The molecule has 0 saturated carbocycles. The normalized spacial score (nSPS) is 15.0. The molecule has 1 aliphatic rings. The van der Waals surface area contributed by atoms with Gasteiger partial charge >= 0.3 is 0 Å². The minimum absolute atomic E-state index is 0. The van der Waals surface area contributed by atoms with Crippen LogP contribution in [0.15, 0.2) is 65.6 Å². The highest BCUT2D eigenvalue weighted by molar-refractivity contribution is 14.0. The zero-order chi connectivity index (χ0) is 13.7. The van der Waals surface area contributed by atoms with Gasteiger partial charge in [-0.15, -0.1) is 35.7 Å². The minimum atomic E-state index is 0. The minimum Gasteiger partial charge on any atom is -0.373 e. The molecule has 0 aliphatic carbocycles. The molecule has 0 fully saturated rings. The summed E-state index contributed by atoms with van der Waals surface area (Å²) in [4.78, 5) is 2.12. The average Bonchev–Trinajstić information content (AvgIpc) is 2.41. The molecular weight excluding hydrogens is 383 g/mol. The molecular formula is C14H15IN4S. The fourth-order valence-corrected chi connectivity index (χ4v) is 1.91. The molecule has 1 aliphatic heterocycles. The standard InChI is InChI=1S/C14H14N4S.HI/c1-2-8-18-9-7-11(10-16-17-14(15)19)12-5-3-4-6-13(12)18;/h2-7,9-10H,1,8H2,(H2,15,19);1H/b11-10+,17-16?;. The van der Waals surface area contributed by atoms with E-state index in [0.717, 1.165) is 23.4 Å². The second-order valence-corrected chi connectivity index (χ2v) is 4.33. The molecule has 0 bridgehead atoms. The highest BCUT2D eigenvalue weighted by Gasteiger charge is 2.14. The van der Waals surface area contributed by atoms with Gasteiger partial charge in [-0.25, -0.2) is 0 Å². The molecule has 2 rings (SSSR count). The van der Waals surface area contributed by atoms with Crippen LogP contribution in [0.5, 0.6) is 0 Å². The third-order valence-electron chi connectivity index (χ3n) is 2.64. The number of allylic oxidation sites excluding steroid dienone is 2. The van der Waals surface area contributed by atoms with Gasteiger partial charge in [0.25, 0.3) is 0 Å². The van der Waals surface area contributed by atoms with Crippen molar-refractivity contribution in [1.82, 2.24) is 0 Å². The van der Waals surface area contributed by atoms with Crippen LogP contribution >= 0.6 is 36.2 Å². The van der Waals surface area contributed by atoms with E-state index in [1.165, 1.54) is 0 Å². The van der Waals surface area contributed by atoms with Crippen LogP contribution in [0, 0.1) is 0 Å². The summed E-state index contributed by atoms with van der Waals surface area (Å²) >= 11 is 4.64. The summed E-state index contributed by atoms with van der Waals surface area (Å²) in [5, 5.41) is 7.54. The molecule has 1 aromatic carbocycles. The second-order valence-electron chi connectivity index (χ2n) is 3.91. The Hall–Kier alpha value is -1.54. The smallest absolute Gasteiger partial charge is 0.211 e. The second kappa shape index (κ2) is 7.91. The van der Waals surface area contributed by atoms with E-state index in [1.807, 2.05) is 36.6 Å². The monoisotopic (exact) mass is 398 g/mol. The Balaban J connectivity index is 0.00000200. The van der Waals surface area contributed by atoms with Crippen molar-refractivity contribution in [2.45, 2.75) is 0 Å². The number of nitrogens with zero attached hydrogens (tertiary/aromatic N) is 3. The van der Waals surface area contributed by atoms with Crippen LogP contribution in [0.1, 0.15) is 5.56 Å². The van der Waals surface area contributed by atoms with Gasteiger partial charge in [0.2, 0.25) is 5.11 Å². The summed E-state index contributed by atoms with van der Waals surface area (Å²) in [6.07, 6.45) is 7.48. The number of azo groups is 1. The van der Waals surface area contributed by atoms with Gasteiger partial charge in [0.05, 0.1) is 6.20 Å². The van der Waals surface area contributed by atoms with E-state index in [0.29, 0.717) is 0 Å². The van der Waals surface area contributed by atoms with Crippen LogP contribution in [0.3, 0.4) is 0 Å². The molecule has 2 N–H and O–H groups in total. The van der Waals surface area contributed by atoms with E-state index in [4.69, 9.17) is 5.73 Å². The van der Waals surface area contributed by atoms with Gasteiger partial charge in [-0.1, -0.05) is 24.3 Å². The van der Waals surface area contributed by atoms with Gasteiger partial charge < -0.3 is 10.6 Å². The average molecular weight is 398 g/mol. The molecule has 6 heteroatoms. The molecule has 0 spiro atoms. The number of thiocarbonyl (C=S) groups is 1. The van der Waals surface area contributed by atoms with Crippen molar-refractivity contribution in [3.63, 3.8) is 0 Å². The first kappa shape index (κ1) is 16.5. The first-order valence-corrected chi connectivity index (χ1v) is 6.19. The summed E-state index contributed by atoms with van der Waals surface area (Å²) in [5.74, 6) is 0. The van der Waals surface area contributed by atoms with Crippen LogP contribution in [-0.2, 0) is 0 Å². The van der Waals surface area contributed by atoms with Gasteiger partial charge in [-0.05, 0) is 24.4 Å². The number of benzene rings is 1. The van der Waals surface area contributed by atoms with Gasteiger partial charge in [0, 0.05) is 29.6 Å². The van der Waals surface area contributed by atoms with Crippen molar-refractivity contribution in [2.24, 2.45) is 16.0 Å². The first-order chi connectivity index (χ1) is 9.22. The number of anilines is 1. The largest absolute Gasteiger partial charge is 0.373 e. The maximum absolute atomic E-state index is 5.27. The Morgan fingerprint density at radius 2 is 2.15 bits per heavy atom. The lowest BCUT2D eigenvalue weighted by Gasteiger charge is -2.26. The van der Waals surface area contributed by atoms with Gasteiger partial charge in [-0.3, -0.25) is 0 Å². The van der Waals surface area contributed by atoms with Crippen LogP contribution in [0.4, 0.5) is 5.69 Å². The van der Waals surface area contributed by atoms with E-state index in [-0.39, 0.29) is 29.1 Å². The molecule has 4 nitrogen and oxygen atoms in total. The van der Waals surface area contributed by atoms with Crippen LogP contribution in [0.25, 0.3) is 5.57 Å². The number of hydrogen-bond acceptors (Lipinski definition) is 3. The molecule has 1 aromatic rings. The quantitative estimate of drug-likeness (QED) is 0.364. The molecule has 0 aromatic heterocycles. The summed E-state index contributed by atoms with van der Waals surface area (Å²) < 4.78 is 0. The highest BCUT2D eigenvalue weighted by Crippen LogP contribution is 2.32. The van der Waals surface area contributed by atoms with E-state index in [1.54, 1.807) is 6.20 Å². The zero-order valence-corrected chi connectivity index (χ0v) is 13.9. The third kappa shape index (κ3) is 3.97. The van der Waals surface area contributed by atoms with Crippen molar-refractivity contribution >= 4 is 52.6 Å². The van der Waals surface area contributed by atoms with Crippen molar-refractivity contribution in [3.05, 3.63) is 61.0 Å². The maximum atomic E-state index is 5.27. The van der Waals surface area contributed by atoms with Crippen molar-refractivity contribution in [2.75, 3.05) is 11.4 Å². The number of nitrogens with two attached hydrogens (primary N) is 1. The summed E-state index contributed by atoms with van der Waals surface area (Å²) in [6.45, 7) is 4.52. The van der Waals surface area contributed by atoms with Gasteiger partial charge in [0.15, 0.2) is 0 Å². The highest BCUT2D eigenvalue weighted by atomic mass is 127. The SMILES string of the molecule is C=CCN1C=C/C(=C\N=NC(N)=S)c2ccccc21.I. The number of hydrogen-bond donors (Lipinski definition) is 1. The summed E-state index contributed by atoms with van der Waals surface area (Å²) in [7, 11) is 0. The fraction of sp³-hybridized carbons (Fsp3) is 0.0714. The molecule has 0 radical (unpaired) electrons. The van der Waals surface area contributed by atoms with E-state index < -0.39 is 0 Å². The van der Waals surface area contributed by atoms with E-state index in [2.05, 4.69) is 40.0 Å². The molecule has 1 heterocycles. The molecule has 0 unspecified atom stereocenters. The number of rotatable bonds is 3. The Bertz CT molecular complexity index is 593. The van der Waals surface area contributed by atoms with E-state index >= 15 is 0 Å². The van der Waals surface area contributed by atoms with Gasteiger partial charge in [-0.2, -0.15) is 5.11 Å². The van der Waals surface area contributed by atoms with Crippen molar-refractivity contribution < 1.29 is 0 Å². The molecule has 0 amide bonds. The first-order valence-electron chi connectivity index (χ1n) is 5.78. The summed E-state index contributed by atoms with van der Waals surface area (Å²) in [5.41, 5.74) is 8.44. The predicted octanol–water partition coefficient (Wildman–Crippen LogP) is 3.86. The lowest BCUT2D eigenvalue weighted by Crippen LogP contribution is -2.19. The Kier molecular flexibility index (Phi) is 6.53. The van der Waals surface area contributed by atoms with Gasteiger partial charge in [0.1, 0.15) is 0 Å². The number of para-hydroxylation sites is 1. The lowest BCUT2D eigenvalue weighted by atomic mass is 10.0. The van der Waals surface area contributed by atoms with Crippen molar-refractivity contribution in [3.8, 4) is 0 Å². The van der Waals surface area contributed by atoms with Crippen LogP contribution in [0.2, 0.25) is 0 Å². The number of fused-ring (bicyclic) bond motifs is 1. The van der Waals surface area contributed by atoms with Crippen LogP contribution < -0.4 is 10.6 Å².